The largest absolute Gasteiger partial charge is 0.444 e. The van der Waals surface area contributed by atoms with E-state index in [1.807, 2.05) is 47.8 Å². The van der Waals surface area contributed by atoms with Crippen molar-refractivity contribution in [2.75, 3.05) is 13.1 Å². The van der Waals surface area contributed by atoms with Crippen LogP contribution >= 0.6 is 11.3 Å². The van der Waals surface area contributed by atoms with Crippen molar-refractivity contribution in [3.63, 3.8) is 0 Å². The minimum atomic E-state index is -0.816. The molecule has 0 spiro atoms. The highest BCUT2D eigenvalue weighted by Crippen LogP contribution is 2.19. The number of fused-ring (bicyclic) bond motifs is 1. The van der Waals surface area contributed by atoms with Crippen molar-refractivity contribution in [2.45, 2.75) is 51.8 Å². The predicted octanol–water partition coefficient (Wildman–Crippen LogP) is 4.07. The monoisotopic (exact) mass is 520 g/mol. The van der Waals surface area contributed by atoms with Crippen LogP contribution in [-0.4, -0.2) is 52.5 Å². The highest BCUT2D eigenvalue weighted by atomic mass is 32.1. The molecule has 8 nitrogen and oxygen atoms in total. The van der Waals surface area contributed by atoms with Crippen LogP contribution in [0.3, 0.4) is 0 Å². The van der Waals surface area contributed by atoms with Crippen LogP contribution in [0, 0.1) is 12.3 Å². The number of ether oxygens (including phenoxy) is 1. The summed E-state index contributed by atoms with van der Waals surface area (Å²) in [4.78, 5) is 44.9. The van der Waals surface area contributed by atoms with E-state index in [2.05, 4.69) is 21.5 Å². The van der Waals surface area contributed by atoms with E-state index in [1.54, 1.807) is 45.2 Å². The maximum atomic E-state index is 12.9. The number of hydrogen-bond acceptors (Lipinski definition) is 6. The van der Waals surface area contributed by atoms with Crippen molar-refractivity contribution in [1.82, 2.24) is 20.5 Å². The van der Waals surface area contributed by atoms with Gasteiger partial charge < -0.3 is 15.4 Å². The Hall–Kier alpha value is -3.90. The molecule has 3 aromatic rings. The minimum Gasteiger partial charge on any atom is -0.444 e. The summed E-state index contributed by atoms with van der Waals surface area (Å²) in [6.45, 7) is 6.88. The number of carbonyl (C=O) groups is 3. The Balaban J connectivity index is 1.60. The summed E-state index contributed by atoms with van der Waals surface area (Å²) in [5, 5.41) is 8.44. The molecule has 3 amide bonds. The standard InChI is InChI=1S/C28H32N4O4S/c1-6-21(22-10-8-7-9-11-22)17-32(27(35)36-28(3,4)5)18-24(33)31-19(2)25(34)29-15-20-14-23-12-13-37-26(23)30-16-20/h1,7-14,16,19,21H,15,17-18H2,2-5H3,(H,29,34)(H,31,33)/t19-,21-/m0/s1. The number of rotatable bonds is 9. The molecule has 0 radical (unpaired) electrons. The van der Waals surface area contributed by atoms with Gasteiger partial charge >= 0.3 is 6.09 Å². The summed E-state index contributed by atoms with van der Waals surface area (Å²) >= 11 is 1.55. The van der Waals surface area contributed by atoms with Crippen molar-refractivity contribution in [3.05, 3.63) is 65.2 Å². The van der Waals surface area contributed by atoms with Gasteiger partial charge in [0.2, 0.25) is 11.8 Å². The molecule has 2 N–H and O–H groups in total. The lowest BCUT2D eigenvalue weighted by Crippen LogP contribution is -2.50. The van der Waals surface area contributed by atoms with E-state index in [1.165, 1.54) is 4.90 Å². The summed E-state index contributed by atoms with van der Waals surface area (Å²) in [5.41, 5.74) is 0.954. The molecule has 0 fully saturated rings. The first kappa shape index (κ1) is 27.7. The average Bonchev–Trinajstić information content (AvgIpc) is 3.32. The van der Waals surface area contributed by atoms with E-state index < -0.39 is 29.6 Å². The number of nitrogens with zero attached hydrogens (tertiary/aromatic N) is 2. The molecule has 0 saturated carbocycles. The lowest BCUT2D eigenvalue weighted by molar-refractivity contribution is -0.129. The highest BCUT2D eigenvalue weighted by Gasteiger charge is 2.27. The molecule has 2 heterocycles. The third-order valence-corrected chi connectivity index (χ3v) is 6.23. The second kappa shape index (κ2) is 12.4. The molecule has 2 aromatic heterocycles. The molecule has 37 heavy (non-hydrogen) atoms. The SMILES string of the molecule is C#C[C@@H](CN(CC(=O)N[C@@H](C)C(=O)NCc1cnc2sccc2c1)C(=O)OC(C)(C)C)c1ccccc1. The summed E-state index contributed by atoms with van der Waals surface area (Å²) in [6.07, 6.45) is 6.81. The molecule has 2 atom stereocenters. The Labute approximate surface area is 221 Å². The number of nitrogens with one attached hydrogen (secondary N) is 2. The van der Waals surface area contributed by atoms with Crippen molar-refractivity contribution < 1.29 is 19.1 Å². The van der Waals surface area contributed by atoms with E-state index in [-0.39, 0.29) is 25.5 Å². The third kappa shape index (κ3) is 8.33. The number of carbonyl (C=O) groups excluding carboxylic acids is 3. The molecule has 0 saturated heterocycles. The molecule has 0 aliphatic carbocycles. The molecule has 0 unspecified atom stereocenters. The average molecular weight is 521 g/mol. The van der Waals surface area contributed by atoms with Crippen LogP contribution in [0.4, 0.5) is 4.79 Å². The topological polar surface area (TPSA) is 101 Å². The highest BCUT2D eigenvalue weighted by molar-refractivity contribution is 7.16. The molecular formula is C28H32N4O4S. The van der Waals surface area contributed by atoms with Gasteiger partial charge in [-0.05, 0) is 56.3 Å². The summed E-state index contributed by atoms with van der Waals surface area (Å²) < 4.78 is 5.50. The fourth-order valence-electron chi connectivity index (χ4n) is 3.56. The van der Waals surface area contributed by atoms with Gasteiger partial charge in [-0.1, -0.05) is 36.3 Å². The molecule has 0 bridgehead atoms. The van der Waals surface area contributed by atoms with E-state index in [0.717, 1.165) is 21.3 Å². The lowest BCUT2D eigenvalue weighted by Gasteiger charge is -2.29. The smallest absolute Gasteiger partial charge is 0.410 e. The van der Waals surface area contributed by atoms with E-state index in [9.17, 15) is 14.4 Å². The van der Waals surface area contributed by atoms with Gasteiger partial charge in [0.15, 0.2) is 0 Å². The van der Waals surface area contributed by atoms with Gasteiger partial charge in [-0.2, -0.15) is 0 Å². The van der Waals surface area contributed by atoms with Crippen LogP contribution < -0.4 is 10.6 Å². The number of aromatic nitrogens is 1. The summed E-state index contributed by atoms with van der Waals surface area (Å²) in [6, 6.07) is 12.5. The Morgan fingerprint density at radius 1 is 1.19 bits per heavy atom. The zero-order chi connectivity index (χ0) is 27.0. The second-order valence-corrected chi connectivity index (χ2v) is 10.6. The van der Waals surface area contributed by atoms with E-state index in [0.29, 0.717) is 0 Å². The van der Waals surface area contributed by atoms with Gasteiger partial charge in [0.25, 0.3) is 0 Å². The Morgan fingerprint density at radius 2 is 1.92 bits per heavy atom. The minimum absolute atomic E-state index is 0.0848. The number of benzene rings is 1. The van der Waals surface area contributed by atoms with Gasteiger partial charge in [-0.3, -0.25) is 14.5 Å². The maximum absolute atomic E-state index is 12.9. The van der Waals surface area contributed by atoms with Crippen molar-refractivity contribution in [3.8, 4) is 12.3 Å². The number of amides is 3. The molecule has 0 aliphatic heterocycles. The van der Waals surface area contributed by atoms with Crippen molar-refractivity contribution in [1.29, 1.82) is 0 Å². The molecule has 0 aliphatic rings. The van der Waals surface area contributed by atoms with Crippen molar-refractivity contribution in [2.24, 2.45) is 0 Å². The van der Waals surface area contributed by atoms with Crippen LogP contribution in [-0.2, 0) is 20.9 Å². The van der Waals surface area contributed by atoms with Gasteiger partial charge in [-0.25, -0.2) is 9.78 Å². The van der Waals surface area contributed by atoms with Crippen molar-refractivity contribution >= 4 is 39.5 Å². The van der Waals surface area contributed by atoms with Crippen LogP contribution in [0.1, 0.15) is 44.7 Å². The van der Waals surface area contributed by atoms with Crippen LogP contribution in [0.15, 0.2) is 54.0 Å². The fourth-order valence-corrected chi connectivity index (χ4v) is 4.28. The summed E-state index contributed by atoms with van der Waals surface area (Å²) in [5.74, 6) is 1.40. The number of pyridine rings is 1. The number of thiophene rings is 1. The Kier molecular flexibility index (Phi) is 9.25. The maximum Gasteiger partial charge on any atom is 0.410 e. The third-order valence-electron chi connectivity index (χ3n) is 5.39. The Bertz CT molecular complexity index is 1280. The quantitative estimate of drug-likeness (QED) is 0.414. The molecule has 1 aromatic carbocycles. The fraction of sp³-hybridized carbons (Fsp3) is 0.357. The first-order valence-electron chi connectivity index (χ1n) is 11.9. The first-order chi connectivity index (χ1) is 17.6. The van der Waals surface area contributed by atoms with Crippen LogP contribution in [0.25, 0.3) is 10.2 Å². The lowest BCUT2D eigenvalue weighted by atomic mass is 9.99. The molecule has 194 valence electrons. The zero-order valence-corrected chi connectivity index (χ0v) is 22.3. The molecular weight excluding hydrogens is 488 g/mol. The van der Waals surface area contributed by atoms with Gasteiger partial charge in [0.1, 0.15) is 23.0 Å². The first-order valence-corrected chi connectivity index (χ1v) is 12.8. The van der Waals surface area contributed by atoms with Crippen LogP contribution in [0.5, 0.6) is 0 Å². The van der Waals surface area contributed by atoms with Crippen LogP contribution in [0.2, 0.25) is 0 Å². The Morgan fingerprint density at radius 3 is 2.59 bits per heavy atom. The number of terminal acetylenes is 1. The van der Waals surface area contributed by atoms with Gasteiger partial charge in [0.05, 0.1) is 5.92 Å². The summed E-state index contributed by atoms with van der Waals surface area (Å²) in [7, 11) is 0. The normalized spacial score (nSPS) is 12.7. The van der Waals surface area contributed by atoms with E-state index in [4.69, 9.17) is 11.2 Å². The predicted molar refractivity (Wildman–Crippen MR) is 145 cm³/mol. The zero-order valence-electron chi connectivity index (χ0n) is 21.5. The second-order valence-electron chi connectivity index (χ2n) is 9.66. The molecule has 9 heteroatoms. The van der Waals surface area contributed by atoms with Gasteiger partial charge in [0, 0.05) is 24.7 Å². The molecule has 3 rings (SSSR count). The van der Waals surface area contributed by atoms with Gasteiger partial charge in [-0.15, -0.1) is 17.8 Å². The van der Waals surface area contributed by atoms with E-state index >= 15 is 0 Å². The number of hydrogen-bond donors (Lipinski definition) is 2.